The molecule has 0 heterocycles. The minimum atomic E-state index is -1.00. The largest absolute Gasteiger partial charge is 0.469 e. The lowest BCUT2D eigenvalue weighted by Gasteiger charge is -2.19. The van der Waals surface area contributed by atoms with E-state index in [9.17, 15) is 4.79 Å². The van der Waals surface area contributed by atoms with Crippen LogP contribution in [0.4, 0.5) is 0 Å². The van der Waals surface area contributed by atoms with Crippen LogP contribution in [-0.4, -0.2) is 22.8 Å². The molecule has 1 unspecified atom stereocenters. The van der Waals surface area contributed by atoms with Crippen molar-refractivity contribution < 1.29 is 9.53 Å². The summed E-state index contributed by atoms with van der Waals surface area (Å²) in [4.78, 5) is 10.7. The van der Waals surface area contributed by atoms with Gasteiger partial charge in [-0.2, -0.15) is 0 Å². The Morgan fingerprint density at radius 2 is 2.08 bits per heavy atom. The molecule has 0 aliphatic rings. The van der Waals surface area contributed by atoms with Crippen molar-refractivity contribution in [3.8, 4) is 0 Å². The molecule has 0 aliphatic heterocycles. The number of alkyl halides is 3. The Morgan fingerprint density at radius 1 is 1.58 bits per heavy atom. The fraction of sp³-hybridized carbons (Fsp3) is 0.857. The van der Waals surface area contributed by atoms with Gasteiger partial charge < -0.3 is 4.74 Å². The summed E-state index contributed by atoms with van der Waals surface area (Å²) in [6.07, 6.45) is 0.650. The molecule has 0 fully saturated rings. The highest BCUT2D eigenvalue weighted by molar-refractivity contribution is 6.52. The quantitative estimate of drug-likeness (QED) is 0.551. The second kappa shape index (κ2) is 5.15. The van der Waals surface area contributed by atoms with Crippen LogP contribution in [0.2, 0.25) is 0 Å². The number of halogens is 3. The smallest absolute Gasteiger partial charge is 0.305 e. The summed E-state index contributed by atoms with van der Waals surface area (Å²) < 4.78 is 3.43. The van der Waals surface area contributed by atoms with E-state index in [-0.39, 0.29) is 12.4 Å². The average molecular weight is 234 g/mol. The molecule has 2 nitrogen and oxygen atoms in total. The topological polar surface area (TPSA) is 26.3 Å². The maximum absolute atomic E-state index is 10.7. The standard InChI is InChI=1S/C7H11Cl3O2/c1-7(9,10)5(8)3-4-6(11)12-2/h5H,3-4H2,1-2H3. The van der Waals surface area contributed by atoms with Gasteiger partial charge in [-0.05, 0) is 13.3 Å². The lowest BCUT2D eigenvalue weighted by Crippen LogP contribution is -2.23. The predicted molar refractivity (Wildman–Crippen MR) is 51.0 cm³/mol. The number of methoxy groups -OCH3 is 1. The molecule has 0 rings (SSSR count). The maximum atomic E-state index is 10.7. The van der Waals surface area contributed by atoms with Gasteiger partial charge in [-0.1, -0.05) is 0 Å². The zero-order valence-electron chi connectivity index (χ0n) is 6.94. The van der Waals surface area contributed by atoms with Crippen LogP contribution in [0.25, 0.3) is 0 Å². The van der Waals surface area contributed by atoms with Gasteiger partial charge in [-0.25, -0.2) is 0 Å². The molecule has 12 heavy (non-hydrogen) atoms. The second-order valence-corrected chi connectivity index (χ2v) is 4.83. The van der Waals surface area contributed by atoms with Crippen molar-refractivity contribution in [2.75, 3.05) is 7.11 Å². The van der Waals surface area contributed by atoms with Gasteiger partial charge in [0.25, 0.3) is 0 Å². The minimum absolute atomic E-state index is 0.236. The molecule has 0 N–H and O–H groups in total. The highest BCUT2D eigenvalue weighted by Gasteiger charge is 2.27. The minimum Gasteiger partial charge on any atom is -0.469 e. The number of esters is 1. The predicted octanol–water partition coefficient (Wildman–Crippen LogP) is 2.74. The SMILES string of the molecule is COC(=O)CCC(Cl)C(C)(Cl)Cl. The second-order valence-electron chi connectivity index (χ2n) is 2.54. The fourth-order valence-corrected chi connectivity index (χ4v) is 0.927. The zero-order valence-corrected chi connectivity index (χ0v) is 9.21. The zero-order chi connectivity index (χ0) is 9.78. The van der Waals surface area contributed by atoms with E-state index in [2.05, 4.69) is 4.74 Å². The van der Waals surface area contributed by atoms with Crippen LogP contribution in [0.5, 0.6) is 0 Å². The summed E-state index contributed by atoms with van der Waals surface area (Å²) in [6, 6.07) is 0. The number of carbonyl (C=O) groups excluding carboxylic acids is 1. The summed E-state index contributed by atoms with van der Waals surface area (Å²) in [5.74, 6) is -0.307. The Morgan fingerprint density at radius 3 is 2.42 bits per heavy atom. The number of ether oxygens (including phenoxy) is 1. The van der Waals surface area contributed by atoms with Crippen molar-refractivity contribution in [1.82, 2.24) is 0 Å². The van der Waals surface area contributed by atoms with Crippen LogP contribution < -0.4 is 0 Å². The summed E-state index contributed by atoms with van der Waals surface area (Å²) in [5.41, 5.74) is 0. The lowest BCUT2D eigenvalue weighted by molar-refractivity contribution is -0.140. The monoisotopic (exact) mass is 232 g/mol. The van der Waals surface area contributed by atoms with Gasteiger partial charge in [0.2, 0.25) is 0 Å². The summed E-state index contributed by atoms with van der Waals surface area (Å²) in [7, 11) is 1.33. The van der Waals surface area contributed by atoms with E-state index >= 15 is 0 Å². The van der Waals surface area contributed by atoms with Crippen molar-refractivity contribution in [3.05, 3.63) is 0 Å². The van der Waals surface area contributed by atoms with E-state index in [0.29, 0.717) is 6.42 Å². The van der Waals surface area contributed by atoms with Crippen molar-refractivity contribution in [2.24, 2.45) is 0 Å². The van der Waals surface area contributed by atoms with Crippen molar-refractivity contribution in [1.29, 1.82) is 0 Å². The first kappa shape index (κ1) is 12.3. The molecule has 1 atom stereocenters. The van der Waals surface area contributed by atoms with Gasteiger partial charge in [0, 0.05) is 6.42 Å². The third kappa shape index (κ3) is 5.07. The first-order valence-corrected chi connectivity index (χ1v) is 4.66. The van der Waals surface area contributed by atoms with Gasteiger partial charge in [0.15, 0.2) is 0 Å². The van der Waals surface area contributed by atoms with Gasteiger partial charge in [-0.3, -0.25) is 4.79 Å². The molecule has 0 radical (unpaired) electrons. The first-order chi connectivity index (χ1) is 5.38. The molecule has 0 aromatic heterocycles. The van der Waals surface area contributed by atoms with Crippen LogP contribution in [0.1, 0.15) is 19.8 Å². The molecular weight excluding hydrogens is 222 g/mol. The highest BCUT2D eigenvalue weighted by atomic mass is 35.5. The molecule has 0 saturated carbocycles. The fourth-order valence-electron chi connectivity index (χ4n) is 0.600. The third-order valence-electron chi connectivity index (χ3n) is 1.38. The molecule has 0 amide bonds. The molecule has 0 spiro atoms. The van der Waals surface area contributed by atoms with Crippen LogP contribution in [0.15, 0.2) is 0 Å². The van der Waals surface area contributed by atoms with E-state index in [0.717, 1.165) is 0 Å². The molecule has 0 bridgehead atoms. The van der Waals surface area contributed by atoms with E-state index in [4.69, 9.17) is 34.8 Å². The van der Waals surface area contributed by atoms with Crippen molar-refractivity contribution in [2.45, 2.75) is 29.5 Å². The Bertz CT molecular complexity index is 153. The van der Waals surface area contributed by atoms with Crippen LogP contribution in [-0.2, 0) is 9.53 Å². The average Bonchev–Trinajstić information content (AvgIpc) is 1.97. The van der Waals surface area contributed by atoms with Gasteiger partial charge in [-0.15, -0.1) is 34.8 Å². The van der Waals surface area contributed by atoms with E-state index in [1.54, 1.807) is 6.92 Å². The molecule has 0 saturated heterocycles. The summed E-state index contributed by atoms with van der Waals surface area (Å²) >= 11 is 17.2. The van der Waals surface area contributed by atoms with E-state index in [1.165, 1.54) is 7.11 Å². The molecule has 0 aliphatic carbocycles. The number of rotatable bonds is 4. The first-order valence-electron chi connectivity index (χ1n) is 3.46. The number of carbonyl (C=O) groups is 1. The molecular formula is C7H11Cl3O2. The molecule has 0 aromatic carbocycles. The van der Waals surface area contributed by atoms with Crippen LogP contribution in [0, 0.1) is 0 Å². The van der Waals surface area contributed by atoms with Gasteiger partial charge >= 0.3 is 5.97 Å². The summed E-state index contributed by atoms with van der Waals surface area (Å²) in [6.45, 7) is 1.59. The Hall–Kier alpha value is 0.340. The normalized spacial score (nSPS) is 14.1. The Balaban J connectivity index is 3.72. The van der Waals surface area contributed by atoms with E-state index < -0.39 is 9.71 Å². The van der Waals surface area contributed by atoms with Crippen LogP contribution in [0.3, 0.4) is 0 Å². The Kier molecular flexibility index (Phi) is 5.30. The number of hydrogen-bond donors (Lipinski definition) is 0. The highest BCUT2D eigenvalue weighted by Crippen LogP contribution is 2.31. The Labute approximate surface area is 87.1 Å². The van der Waals surface area contributed by atoms with Crippen LogP contribution >= 0.6 is 34.8 Å². The lowest BCUT2D eigenvalue weighted by atomic mass is 10.2. The third-order valence-corrected chi connectivity index (χ3v) is 2.78. The maximum Gasteiger partial charge on any atom is 0.305 e. The summed E-state index contributed by atoms with van der Waals surface area (Å²) in [5, 5.41) is -0.445. The number of hydrogen-bond acceptors (Lipinski definition) is 2. The molecule has 72 valence electrons. The molecule has 5 heteroatoms. The molecule has 0 aromatic rings. The van der Waals surface area contributed by atoms with Gasteiger partial charge in [0.05, 0.1) is 12.5 Å². The van der Waals surface area contributed by atoms with Crippen molar-refractivity contribution in [3.63, 3.8) is 0 Å². The van der Waals surface area contributed by atoms with Gasteiger partial charge in [0.1, 0.15) is 4.33 Å². The van der Waals surface area contributed by atoms with Crippen molar-refractivity contribution >= 4 is 40.8 Å². The van der Waals surface area contributed by atoms with E-state index in [1.807, 2.05) is 0 Å².